The van der Waals surface area contributed by atoms with Gasteiger partial charge >= 0.3 is 6.18 Å². The Balaban J connectivity index is 2.20. The number of likely N-dealkylation sites (N-methyl/N-ethyl adjacent to an activating group) is 1. The summed E-state index contributed by atoms with van der Waals surface area (Å²) in [6, 6.07) is 11.0. The van der Waals surface area contributed by atoms with Gasteiger partial charge in [-0.25, -0.2) is 0 Å². The molecule has 0 aliphatic carbocycles. The van der Waals surface area contributed by atoms with Crippen LogP contribution in [0.25, 0.3) is 0 Å². The van der Waals surface area contributed by atoms with E-state index in [2.05, 4.69) is 5.32 Å². The lowest BCUT2D eigenvalue weighted by atomic mass is 10.0. The van der Waals surface area contributed by atoms with E-state index in [0.717, 1.165) is 11.8 Å². The van der Waals surface area contributed by atoms with Crippen molar-refractivity contribution in [2.24, 2.45) is 0 Å². The molecule has 0 fully saturated rings. The number of amides is 1. The Labute approximate surface area is 158 Å². The average molecular weight is 397 g/mol. The third-order valence-corrected chi connectivity index (χ3v) is 3.99. The second-order valence-corrected chi connectivity index (χ2v) is 6.41. The van der Waals surface area contributed by atoms with Gasteiger partial charge in [0.25, 0.3) is 11.6 Å². The molecule has 2 N–H and O–H groups in total. The van der Waals surface area contributed by atoms with Crippen LogP contribution in [-0.2, 0) is 11.0 Å². The third-order valence-electron chi connectivity index (χ3n) is 3.99. The summed E-state index contributed by atoms with van der Waals surface area (Å²) in [5.74, 6) is -0.947. The first-order valence-corrected chi connectivity index (χ1v) is 8.07. The highest BCUT2D eigenvalue weighted by Crippen LogP contribution is 2.37. The minimum atomic E-state index is -4.97. The molecule has 0 aliphatic rings. The van der Waals surface area contributed by atoms with Crippen LogP contribution in [0.3, 0.4) is 0 Å². The zero-order valence-corrected chi connectivity index (χ0v) is 15.0. The maximum absolute atomic E-state index is 13.0. The summed E-state index contributed by atoms with van der Waals surface area (Å²) in [6.45, 7) is 1.08. The number of hydrogen-bond donors (Lipinski definition) is 2. The summed E-state index contributed by atoms with van der Waals surface area (Å²) in [4.78, 5) is 23.6. The quantitative estimate of drug-likeness (QED) is 0.575. The molecule has 28 heavy (non-hydrogen) atoms. The number of nitrogens with one attached hydrogen (secondary N) is 1. The number of nitro groups is 1. The maximum Gasteiger partial charge on any atom is 0.423 e. The van der Waals surface area contributed by atoms with Gasteiger partial charge in [-0.05, 0) is 31.2 Å². The number of nitrogens with zero attached hydrogens (tertiary/aromatic N) is 2. The van der Waals surface area contributed by atoms with E-state index < -0.39 is 33.9 Å². The average Bonchev–Trinajstić information content (AvgIpc) is 2.61. The molecule has 0 saturated heterocycles. The number of hydrogen-bond acceptors (Lipinski definition) is 5. The van der Waals surface area contributed by atoms with Crippen LogP contribution in [0.2, 0.25) is 0 Å². The number of para-hydroxylation sites is 1. The Bertz CT molecular complexity index is 870. The van der Waals surface area contributed by atoms with E-state index in [1.165, 1.54) is 6.92 Å². The lowest BCUT2D eigenvalue weighted by Gasteiger charge is -2.29. The van der Waals surface area contributed by atoms with E-state index in [-0.39, 0.29) is 12.2 Å². The smallest absolute Gasteiger partial charge is 0.378 e. The van der Waals surface area contributed by atoms with Crippen LogP contribution < -0.4 is 10.2 Å². The minimum Gasteiger partial charge on any atom is -0.378 e. The van der Waals surface area contributed by atoms with E-state index in [9.17, 15) is 33.2 Å². The summed E-state index contributed by atoms with van der Waals surface area (Å²) in [5.41, 5.74) is -4.14. The number of carbonyl (C=O) groups is 1. The molecule has 1 atom stereocenters. The highest BCUT2D eigenvalue weighted by atomic mass is 19.4. The number of aliphatic hydroxyl groups is 1. The van der Waals surface area contributed by atoms with Gasteiger partial charge in [0.05, 0.1) is 11.5 Å². The first kappa shape index (κ1) is 21.2. The molecule has 2 aromatic rings. The maximum atomic E-state index is 13.0. The van der Waals surface area contributed by atoms with Crippen LogP contribution in [0.4, 0.5) is 30.2 Å². The van der Waals surface area contributed by atoms with Crippen molar-refractivity contribution in [3.63, 3.8) is 0 Å². The zero-order valence-electron chi connectivity index (χ0n) is 15.0. The SMILES string of the molecule is CN(CC(C)(O)C(=O)Nc1ccc([N+](=O)[O-])c(C(F)(F)F)c1)c1ccccc1. The van der Waals surface area contributed by atoms with Gasteiger partial charge in [0.2, 0.25) is 0 Å². The number of benzene rings is 2. The lowest BCUT2D eigenvalue weighted by Crippen LogP contribution is -2.48. The number of rotatable bonds is 6. The third kappa shape index (κ3) is 4.97. The Morgan fingerprint density at radius 1 is 1.21 bits per heavy atom. The van der Waals surface area contributed by atoms with Crippen LogP contribution >= 0.6 is 0 Å². The van der Waals surface area contributed by atoms with Gasteiger partial charge in [-0.15, -0.1) is 0 Å². The molecule has 1 unspecified atom stereocenters. The zero-order chi connectivity index (χ0) is 21.1. The van der Waals surface area contributed by atoms with Crippen LogP contribution in [0.5, 0.6) is 0 Å². The fourth-order valence-electron chi connectivity index (χ4n) is 2.57. The number of nitro benzene ring substituents is 1. The van der Waals surface area contributed by atoms with Crippen molar-refractivity contribution in [3.8, 4) is 0 Å². The molecule has 10 heteroatoms. The normalized spacial score (nSPS) is 13.5. The number of anilines is 2. The van der Waals surface area contributed by atoms with E-state index in [1.54, 1.807) is 42.3 Å². The molecular formula is C18H18F3N3O4. The first-order chi connectivity index (χ1) is 12.9. The van der Waals surface area contributed by atoms with Gasteiger partial charge in [-0.1, -0.05) is 18.2 Å². The topological polar surface area (TPSA) is 95.7 Å². The molecule has 1 amide bonds. The monoisotopic (exact) mass is 397 g/mol. The van der Waals surface area contributed by atoms with Crippen LogP contribution in [0, 0.1) is 10.1 Å². The highest BCUT2D eigenvalue weighted by Gasteiger charge is 2.39. The Hall–Kier alpha value is -3.14. The van der Waals surface area contributed by atoms with Crippen molar-refractivity contribution in [2.75, 3.05) is 23.8 Å². The molecular weight excluding hydrogens is 379 g/mol. The molecule has 0 spiro atoms. The Morgan fingerprint density at radius 2 is 1.82 bits per heavy atom. The molecule has 0 aliphatic heterocycles. The van der Waals surface area contributed by atoms with E-state index in [1.807, 2.05) is 0 Å². The lowest BCUT2D eigenvalue weighted by molar-refractivity contribution is -0.388. The van der Waals surface area contributed by atoms with Crippen LogP contribution in [0.15, 0.2) is 48.5 Å². The molecule has 0 heterocycles. The number of carbonyl (C=O) groups excluding carboxylic acids is 1. The summed E-state index contributed by atoms with van der Waals surface area (Å²) < 4.78 is 39.1. The summed E-state index contributed by atoms with van der Waals surface area (Å²) in [6.07, 6.45) is -4.97. The predicted octanol–water partition coefficient (Wildman–Crippen LogP) is 3.44. The molecule has 7 nitrogen and oxygen atoms in total. The number of alkyl halides is 3. The van der Waals surface area contributed by atoms with Gasteiger partial charge in [-0.2, -0.15) is 13.2 Å². The fraction of sp³-hybridized carbons (Fsp3) is 0.278. The molecule has 0 bridgehead atoms. The summed E-state index contributed by atoms with van der Waals surface area (Å²) >= 11 is 0. The van der Waals surface area contributed by atoms with Gasteiger partial charge in [0, 0.05) is 24.5 Å². The molecule has 2 aromatic carbocycles. The summed E-state index contributed by atoms with van der Waals surface area (Å²) in [5, 5.41) is 23.4. The van der Waals surface area contributed by atoms with Crippen molar-refractivity contribution in [1.82, 2.24) is 0 Å². The van der Waals surface area contributed by atoms with Gasteiger partial charge in [-0.3, -0.25) is 14.9 Å². The molecule has 0 radical (unpaired) electrons. The van der Waals surface area contributed by atoms with E-state index >= 15 is 0 Å². The standard InChI is InChI=1S/C18H18F3N3O4/c1-17(26,11-23(2)13-6-4-3-5-7-13)16(25)22-12-8-9-15(24(27)28)14(10-12)18(19,20)21/h3-10,26H,11H2,1-2H3,(H,22,25). The largest absolute Gasteiger partial charge is 0.423 e. The Kier molecular flexibility index (Phi) is 5.93. The van der Waals surface area contributed by atoms with Gasteiger partial charge in [0.1, 0.15) is 5.56 Å². The van der Waals surface area contributed by atoms with Crippen molar-refractivity contribution in [1.29, 1.82) is 0 Å². The van der Waals surface area contributed by atoms with Crippen LogP contribution in [-0.4, -0.2) is 35.1 Å². The van der Waals surface area contributed by atoms with E-state index in [4.69, 9.17) is 0 Å². The minimum absolute atomic E-state index is 0.137. The first-order valence-electron chi connectivity index (χ1n) is 8.07. The van der Waals surface area contributed by atoms with Gasteiger partial charge < -0.3 is 15.3 Å². The molecule has 0 aromatic heterocycles. The van der Waals surface area contributed by atoms with Crippen LogP contribution in [0.1, 0.15) is 12.5 Å². The second-order valence-electron chi connectivity index (χ2n) is 6.41. The highest BCUT2D eigenvalue weighted by molar-refractivity contribution is 5.97. The van der Waals surface area contributed by atoms with Crippen molar-refractivity contribution in [3.05, 3.63) is 64.2 Å². The van der Waals surface area contributed by atoms with E-state index in [0.29, 0.717) is 12.1 Å². The van der Waals surface area contributed by atoms with Crippen molar-refractivity contribution < 1.29 is 28.0 Å². The second kappa shape index (κ2) is 7.85. The van der Waals surface area contributed by atoms with Crippen molar-refractivity contribution in [2.45, 2.75) is 18.7 Å². The Morgan fingerprint density at radius 3 is 2.36 bits per heavy atom. The fourth-order valence-corrected chi connectivity index (χ4v) is 2.57. The van der Waals surface area contributed by atoms with Crippen molar-refractivity contribution >= 4 is 23.0 Å². The summed E-state index contributed by atoms with van der Waals surface area (Å²) in [7, 11) is 1.64. The molecule has 0 saturated carbocycles. The van der Waals surface area contributed by atoms with Gasteiger partial charge in [0.15, 0.2) is 5.60 Å². The molecule has 150 valence electrons. The number of halogens is 3. The molecule has 2 rings (SSSR count). The predicted molar refractivity (Wildman–Crippen MR) is 97.1 cm³/mol.